The van der Waals surface area contributed by atoms with E-state index in [2.05, 4.69) is 18.0 Å². The summed E-state index contributed by atoms with van der Waals surface area (Å²) < 4.78 is 0. The van der Waals surface area contributed by atoms with Crippen molar-refractivity contribution in [2.45, 2.75) is 51.4 Å². The van der Waals surface area contributed by atoms with Crippen LogP contribution >= 0.6 is 0 Å². The first-order chi connectivity index (χ1) is 7.77. The van der Waals surface area contributed by atoms with E-state index in [9.17, 15) is 5.26 Å². The number of hydrogen-bond donors (Lipinski definition) is 0. The van der Waals surface area contributed by atoms with Crippen molar-refractivity contribution in [3.05, 3.63) is 0 Å². The van der Waals surface area contributed by atoms with E-state index in [1.807, 2.05) is 0 Å². The summed E-state index contributed by atoms with van der Waals surface area (Å²) in [6.07, 6.45) is 10.1. The molecule has 2 aliphatic rings. The third-order valence-electron chi connectivity index (χ3n) is 4.71. The molecule has 0 spiro atoms. The number of hydrogen-bond acceptors (Lipinski definition) is 2. The molecule has 0 aromatic rings. The van der Waals surface area contributed by atoms with E-state index >= 15 is 0 Å². The minimum Gasteiger partial charge on any atom is -0.306 e. The van der Waals surface area contributed by atoms with Gasteiger partial charge in [-0.15, -0.1) is 0 Å². The van der Waals surface area contributed by atoms with E-state index in [1.165, 1.54) is 45.1 Å². The van der Waals surface area contributed by atoms with Crippen LogP contribution in [-0.2, 0) is 0 Å². The summed E-state index contributed by atoms with van der Waals surface area (Å²) in [5, 5.41) is 9.64. The Hall–Kier alpha value is -0.550. The molecule has 0 N–H and O–H groups in total. The molecule has 2 heteroatoms. The van der Waals surface area contributed by atoms with Gasteiger partial charge in [0.2, 0.25) is 0 Å². The van der Waals surface area contributed by atoms with Gasteiger partial charge in [0.15, 0.2) is 0 Å². The van der Waals surface area contributed by atoms with Crippen LogP contribution < -0.4 is 0 Å². The summed E-state index contributed by atoms with van der Waals surface area (Å²) in [7, 11) is 2.19. The molecule has 1 aliphatic heterocycles. The van der Waals surface area contributed by atoms with Gasteiger partial charge in [-0.2, -0.15) is 5.26 Å². The molecular formula is C14H24N2. The first-order valence-electron chi connectivity index (χ1n) is 6.87. The predicted octanol–water partition coefficient (Wildman–Crippen LogP) is 3.19. The van der Waals surface area contributed by atoms with E-state index < -0.39 is 0 Å². The summed E-state index contributed by atoms with van der Waals surface area (Å²) in [6, 6.07) is 2.72. The Balaban J connectivity index is 2.08. The second-order valence-electron chi connectivity index (χ2n) is 5.76. The third-order valence-corrected chi connectivity index (χ3v) is 4.71. The number of rotatable bonds is 1. The van der Waals surface area contributed by atoms with Crippen molar-refractivity contribution in [1.82, 2.24) is 4.90 Å². The lowest BCUT2D eigenvalue weighted by Crippen LogP contribution is -2.32. The molecule has 1 saturated heterocycles. The van der Waals surface area contributed by atoms with E-state index in [1.54, 1.807) is 0 Å². The van der Waals surface area contributed by atoms with E-state index in [-0.39, 0.29) is 5.41 Å². The largest absolute Gasteiger partial charge is 0.306 e. The van der Waals surface area contributed by atoms with Crippen molar-refractivity contribution in [2.75, 3.05) is 20.1 Å². The van der Waals surface area contributed by atoms with Crippen LogP contribution in [0.25, 0.3) is 0 Å². The Morgan fingerprint density at radius 1 is 1.06 bits per heavy atom. The Kier molecular flexibility index (Phi) is 3.86. The van der Waals surface area contributed by atoms with Gasteiger partial charge in [0.25, 0.3) is 0 Å². The summed E-state index contributed by atoms with van der Waals surface area (Å²) in [6.45, 7) is 2.29. The van der Waals surface area contributed by atoms with Crippen molar-refractivity contribution >= 4 is 0 Å². The van der Waals surface area contributed by atoms with Gasteiger partial charge in [-0.25, -0.2) is 0 Å². The van der Waals surface area contributed by atoms with Gasteiger partial charge in [-0.05, 0) is 58.2 Å². The molecule has 0 amide bonds. The number of nitrogens with zero attached hydrogens (tertiary/aromatic N) is 2. The molecule has 2 fully saturated rings. The highest BCUT2D eigenvalue weighted by Crippen LogP contribution is 2.45. The van der Waals surface area contributed by atoms with E-state index in [4.69, 9.17) is 0 Å². The smallest absolute Gasteiger partial charge is 0.0693 e. The molecular weight excluding hydrogens is 196 g/mol. The second-order valence-corrected chi connectivity index (χ2v) is 5.76. The van der Waals surface area contributed by atoms with Crippen molar-refractivity contribution < 1.29 is 0 Å². The Morgan fingerprint density at radius 3 is 2.50 bits per heavy atom. The lowest BCUT2D eigenvalue weighted by atomic mass is 9.66. The number of likely N-dealkylation sites (tertiary alicyclic amines) is 1. The molecule has 2 rings (SSSR count). The van der Waals surface area contributed by atoms with Gasteiger partial charge >= 0.3 is 0 Å². The lowest BCUT2D eigenvalue weighted by molar-refractivity contribution is 0.156. The zero-order valence-corrected chi connectivity index (χ0v) is 10.5. The first kappa shape index (κ1) is 11.9. The fraction of sp³-hybridized carbons (Fsp3) is 0.929. The van der Waals surface area contributed by atoms with Crippen LogP contribution in [0.1, 0.15) is 51.4 Å². The topological polar surface area (TPSA) is 27.0 Å². The summed E-state index contributed by atoms with van der Waals surface area (Å²) in [5.41, 5.74) is 0.0190. The highest BCUT2D eigenvalue weighted by molar-refractivity contribution is 5.04. The van der Waals surface area contributed by atoms with Crippen molar-refractivity contribution in [3.63, 3.8) is 0 Å². The summed E-state index contributed by atoms with van der Waals surface area (Å²) in [4.78, 5) is 2.39. The molecule has 90 valence electrons. The molecule has 0 radical (unpaired) electrons. The summed E-state index contributed by atoms with van der Waals surface area (Å²) >= 11 is 0. The van der Waals surface area contributed by atoms with Crippen LogP contribution in [0.15, 0.2) is 0 Å². The normalized spacial score (nSPS) is 34.2. The predicted molar refractivity (Wildman–Crippen MR) is 66.0 cm³/mol. The third kappa shape index (κ3) is 2.40. The molecule has 1 saturated carbocycles. The quantitative estimate of drug-likeness (QED) is 0.678. The van der Waals surface area contributed by atoms with Gasteiger partial charge in [0, 0.05) is 0 Å². The highest BCUT2D eigenvalue weighted by Gasteiger charge is 2.40. The lowest BCUT2D eigenvalue weighted by Gasteiger charge is -2.36. The van der Waals surface area contributed by atoms with Gasteiger partial charge in [0.05, 0.1) is 11.5 Å². The van der Waals surface area contributed by atoms with Gasteiger partial charge in [-0.3, -0.25) is 0 Å². The fourth-order valence-corrected chi connectivity index (χ4v) is 3.56. The molecule has 16 heavy (non-hydrogen) atoms. The monoisotopic (exact) mass is 220 g/mol. The van der Waals surface area contributed by atoms with Crippen molar-refractivity contribution in [3.8, 4) is 6.07 Å². The van der Waals surface area contributed by atoms with Crippen LogP contribution in [0.2, 0.25) is 0 Å². The summed E-state index contributed by atoms with van der Waals surface area (Å²) in [5.74, 6) is 0.692. The Morgan fingerprint density at radius 2 is 1.81 bits per heavy atom. The average Bonchev–Trinajstić information content (AvgIpc) is 2.53. The molecule has 0 aromatic heterocycles. The zero-order valence-electron chi connectivity index (χ0n) is 10.5. The Labute approximate surface area is 99.6 Å². The van der Waals surface area contributed by atoms with Crippen LogP contribution in [0.5, 0.6) is 0 Å². The molecule has 1 heterocycles. The molecule has 1 aliphatic carbocycles. The van der Waals surface area contributed by atoms with Crippen LogP contribution in [0.4, 0.5) is 0 Å². The fourth-order valence-electron chi connectivity index (χ4n) is 3.56. The Bertz CT molecular complexity index is 262. The average molecular weight is 220 g/mol. The van der Waals surface area contributed by atoms with Crippen LogP contribution in [-0.4, -0.2) is 25.0 Å². The van der Waals surface area contributed by atoms with Gasteiger partial charge in [0.1, 0.15) is 0 Å². The second kappa shape index (κ2) is 5.19. The van der Waals surface area contributed by atoms with Crippen LogP contribution in [0, 0.1) is 22.7 Å². The maximum Gasteiger partial charge on any atom is 0.0693 e. The maximum atomic E-state index is 9.64. The standard InChI is InChI=1S/C14H24N2/c1-16-10-5-8-14(12-15,9-11-16)13-6-3-2-4-7-13/h13H,2-11H2,1H3. The zero-order chi connectivity index (χ0) is 11.4. The van der Waals surface area contributed by atoms with Crippen molar-refractivity contribution in [2.24, 2.45) is 11.3 Å². The molecule has 1 atom stereocenters. The minimum absolute atomic E-state index is 0.0190. The van der Waals surface area contributed by atoms with Gasteiger partial charge < -0.3 is 4.90 Å². The molecule has 0 bridgehead atoms. The van der Waals surface area contributed by atoms with Gasteiger partial charge in [-0.1, -0.05) is 19.3 Å². The number of nitriles is 1. The first-order valence-corrected chi connectivity index (χ1v) is 6.87. The van der Waals surface area contributed by atoms with E-state index in [0.717, 1.165) is 19.4 Å². The van der Waals surface area contributed by atoms with Crippen molar-refractivity contribution in [1.29, 1.82) is 5.26 Å². The molecule has 2 nitrogen and oxygen atoms in total. The highest BCUT2D eigenvalue weighted by atomic mass is 15.1. The molecule has 0 aromatic carbocycles. The molecule has 1 unspecified atom stereocenters. The van der Waals surface area contributed by atoms with E-state index in [0.29, 0.717) is 5.92 Å². The minimum atomic E-state index is 0.0190. The van der Waals surface area contributed by atoms with Crippen LogP contribution in [0.3, 0.4) is 0 Å². The SMILES string of the molecule is CN1CCCC(C#N)(C2CCCCC2)CC1. The maximum absolute atomic E-state index is 9.64.